The molecule has 7 nitrogen and oxygen atoms in total. The van der Waals surface area contributed by atoms with E-state index in [9.17, 15) is 4.79 Å². The number of aliphatic imine (C=N–C) groups is 1. The fraction of sp³-hybridized carbons (Fsp3) is 0.333. The zero-order chi connectivity index (χ0) is 19.1. The first-order valence-electron chi connectivity index (χ1n) is 9.63. The summed E-state index contributed by atoms with van der Waals surface area (Å²) in [5, 5.41) is 8.24. The van der Waals surface area contributed by atoms with Gasteiger partial charge in [-0.1, -0.05) is 12.1 Å². The minimum Gasteiger partial charge on any atom is -0.362 e. The molecule has 3 aromatic rings. The van der Waals surface area contributed by atoms with E-state index >= 15 is 0 Å². The van der Waals surface area contributed by atoms with Gasteiger partial charge in [0.05, 0.1) is 24.0 Å². The number of benzene rings is 1. The van der Waals surface area contributed by atoms with Crippen molar-refractivity contribution in [1.29, 1.82) is 0 Å². The molecule has 28 heavy (non-hydrogen) atoms. The molecule has 1 saturated heterocycles. The number of H-pyrrole nitrogens is 1. The van der Waals surface area contributed by atoms with Crippen molar-refractivity contribution in [2.24, 2.45) is 10.9 Å². The van der Waals surface area contributed by atoms with Crippen LogP contribution in [0.1, 0.15) is 12.0 Å². The molecule has 2 aliphatic rings. The molecule has 1 atom stereocenters. The highest BCUT2D eigenvalue weighted by atomic mass is 16.2. The quantitative estimate of drug-likeness (QED) is 0.564. The molecule has 2 aliphatic heterocycles. The van der Waals surface area contributed by atoms with Crippen LogP contribution in [-0.2, 0) is 11.2 Å². The third-order valence-electron chi connectivity index (χ3n) is 5.71. The number of rotatable bonds is 3. The maximum Gasteiger partial charge on any atom is 0.233 e. The van der Waals surface area contributed by atoms with Crippen LogP contribution in [-0.4, -0.2) is 59.0 Å². The number of pyridine rings is 1. The number of nitrogens with one attached hydrogen (secondary N) is 1. The van der Waals surface area contributed by atoms with Gasteiger partial charge in [-0.05, 0) is 36.1 Å². The van der Waals surface area contributed by atoms with E-state index < -0.39 is 0 Å². The van der Waals surface area contributed by atoms with Crippen molar-refractivity contribution in [2.75, 3.05) is 31.6 Å². The summed E-state index contributed by atoms with van der Waals surface area (Å²) in [6, 6.07) is 8.29. The second-order valence-corrected chi connectivity index (χ2v) is 7.44. The Morgan fingerprint density at radius 3 is 3.14 bits per heavy atom. The zero-order valence-electron chi connectivity index (χ0n) is 15.8. The number of aromatic amines is 1. The van der Waals surface area contributed by atoms with Gasteiger partial charge >= 0.3 is 0 Å². The molecule has 5 rings (SSSR count). The van der Waals surface area contributed by atoms with Crippen LogP contribution in [0.5, 0.6) is 0 Å². The summed E-state index contributed by atoms with van der Waals surface area (Å²) in [5.74, 6) is 1.02. The second-order valence-electron chi connectivity index (χ2n) is 7.44. The molecule has 0 saturated carbocycles. The molecule has 0 aliphatic carbocycles. The Morgan fingerprint density at radius 2 is 2.25 bits per heavy atom. The number of amides is 1. The largest absolute Gasteiger partial charge is 0.362 e. The maximum absolute atomic E-state index is 13.1. The van der Waals surface area contributed by atoms with Crippen LogP contribution >= 0.6 is 0 Å². The van der Waals surface area contributed by atoms with Crippen molar-refractivity contribution < 1.29 is 4.79 Å². The van der Waals surface area contributed by atoms with E-state index in [0.717, 1.165) is 59.3 Å². The predicted molar refractivity (Wildman–Crippen MR) is 109 cm³/mol. The number of hydrogen-bond acceptors (Lipinski definition) is 4. The van der Waals surface area contributed by atoms with E-state index in [2.05, 4.69) is 32.2 Å². The lowest BCUT2D eigenvalue weighted by Crippen LogP contribution is -2.36. The smallest absolute Gasteiger partial charge is 0.233 e. The Kier molecular flexibility index (Phi) is 4.07. The molecular weight excluding hydrogens is 352 g/mol. The number of nitrogens with zero attached hydrogens (tertiary/aromatic N) is 5. The van der Waals surface area contributed by atoms with Gasteiger partial charge in [0.25, 0.3) is 0 Å². The first-order valence-corrected chi connectivity index (χ1v) is 9.63. The van der Waals surface area contributed by atoms with Gasteiger partial charge in [-0.25, -0.2) is 4.98 Å². The van der Waals surface area contributed by atoms with Crippen molar-refractivity contribution in [3.63, 3.8) is 0 Å². The van der Waals surface area contributed by atoms with Gasteiger partial charge in [-0.2, -0.15) is 5.10 Å². The van der Waals surface area contributed by atoms with E-state index in [1.54, 1.807) is 7.05 Å². The molecule has 0 unspecified atom stereocenters. The number of aromatic nitrogens is 3. The fourth-order valence-corrected chi connectivity index (χ4v) is 4.33. The molecule has 1 aromatic carbocycles. The van der Waals surface area contributed by atoms with E-state index in [0.29, 0.717) is 6.54 Å². The summed E-state index contributed by atoms with van der Waals surface area (Å²) in [6.07, 6.45) is 7.26. The highest BCUT2D eigenvalue weighted by molar-refractivity contribution is 5.98. The lowest BCUT2D eigenvalue weighted by Gasteiger charge is -2.20. The molecule has 7 heteroatoms. The Bertz CT molecular complexity index is 1070. The van der Waals surface area contributed by atoms with Crippen LogP contribution in [0.15, 0.2) is 41.7 Å². The summed E-state index contributed by atoms with van der Waals surface area (Å²) in [6.45, 7) is 2.33. The normalized spacial score (nSPS) is 19.1. The molecule has 1 fully saturated rings. The Morgan fingerprint density at radius 1 is 1.32 bits per heavy atom. The number of likely N-dealkylation sites (tertiary alicyclic amines) is 1. The van der Waals surface area contributed by atoms with Gasteiger partial charge in [-0.3, -0.25) is 19.8 Å². The Hall–Kier alpha value is -3.22. The van der Waals surface area contributed by atoms with Crippen molar-refractivity contribution in [1.82, 2.24) is 20.1 Å². The standard InChI is InChI=1S/C21H22N6O/c1-22-13-26-7-5-15(12-26)21(28)27-8-6-14-9-16(10-23-20(14)27)17-3-2-4-19-18(17)11-24-25-19/h2-4,9-11,13,15H,5-8,12H2,1H3,(H,24,25)/t15-/m0/s1. The third kappa shape index (κ3) is 2.74. The number of carbonyl (C=O) groups is 1. The molecule has 0 bridgehead atoms. The van der Waals surface area contributed by atoms with E-state index in [4.69, 9.17) is 4.98 Å². The van der Waals surface area contributed by atoms with Crippen LogP contribution < -0.4 is 4.90 Å². The summed E-state index contributed by atoms with van der Waals surface area (Å²) < 4.78 is 0. The first kappa shape index (κ1) is 16.9. The first-order chi connectivity index (χ1) is 13.7. The summed E-state index contributed by atoms with van der Waals surface area (Å²) >= 11 is 0. The van der Waals surface area contributed by atoms with Crippen molar-refractivity contribution in [2.45, 2.75) is 12.8 Å². The van der Waals surface area contributed by atoms with Gasteiger partial charge in [0.15, 0.2) is 0 Å². The lowest BCUT2D eigenvalue weighted by molar-refractivity contribution is -0.121. The molecule has 2 aromatic heterocycles. The van der Waals surface area contributed by atoms with Gasteiger partial charge in [0.2, 0.25) is 5.91 Å². The number of hydrogen-bond donors (Lipinski definition) is 1. The van der Waals surface area contributed by atoms with Crippen LogP contribution in [0, 0.1) is 5.92 Å². The van der Waals surface area contributed by atoms with Crippen LogP contribution in [0.2, 0.25) is 0 Å². The molecular formula is C21H22N6O. The van der Waals surface area contributed by atoms with Gasteiger partial charge in [0, 0.05) is 43.8 Å². The van der Waals surface area contributed by atoms with Crippen molar-refractivity contribution in [3.8, 4) is 11.1 Å². The van der Waals surface area contributed by atoms with Gasteiger partial charge in [0.1, 0.15) is 5.82 Å². The summed E-state index contributed by atoms with van der Waals surface area (Å²) in [5.41, 5.74) is 4.32. The molecule has 0 spiro atoms. The van der Waals surface area contributed by atoms with E-state index in [1.807, 2.05) is 35.8 Å². The van der Waals surface area contributed by atoms with Crippen LogP contribution in [0.25, 0.3) is 22.0 Å². The van der Waals surface area contributed by atoms with Crippen LogP contribution in [0.4, 0.5) is 5.82 Å². The number of fused-ring (bicyclic) bond motifs is 2. The van der Waals surface area contributed by atoms with Gasteiger partial charge < -0.3 is 4.90 Å². The molecule has 1 amide bonds. The second kappa shape index (κ2) is 6.74. The predicted octanol–water partition coefficient (Wildman–Crippen LogP) is 2.49. The zero-order valence-corrected chi connectivity index (χ0v) is 15.8. The Balaban J connectivity index is 1.41. The van der Waals surface area contributed by atoms with Crippen LogP contribution in [0.3, 0.4) is 0 Å². The average molecular weight is 374 g/mol. The third-order valence-corrected chi connectivity index (χ3v) is 5.71. The van der Waals surface area contributed by atoms with E-state index in [-0.39, 0.29) is 11.8 Å². The molecule has 0 radical (unpaired) electrons. The fourth-order valence-electron chi connectivity index (χ4n) is 4.33. The highest BCUT2D eigenvalue weighted by Crippen LogP contribution is 2.34. The summed E-state index contributed by atoms with van der Waals surface area (Å²) in [4.78, 5) is 25.8. The van der Waals surface area contributed by atoms with Crippen molar-refractivity contribution >= 4 is 29.0 Å². The highest BCUT2D eigenvalue weighted by Gasteiger charge is 2.34. The van der Waals surface area contributed by atoms with E-state index in [1.165, 1.54) is 0 Å². The molecule has 4 heterocycles. The SMILES string of the molecule is CN=CN1CC[C@H](C(=O)N2CCc3cc(-c4cccc5[nH]ncc45)cnc32)C1. The molecule has 142 valence electrons. The topological polar surface area (TPSA) is 77.5 Å². The summed E-state index contributed by atoms with van der Waals surface area (Å²) in [7, 11) is 1.76. The maximum atomic E-state index is 13.1. The minimum atomic E-state index is 0.0186. The number of anilines is 1. The average Bonchev–Trinajstić information content (AvgIpc) is 3.46. The number of carbonyl (C=O) groups excluding carboxylic acids is 1. The monoisotopic (exact) mass is 374 g/mol. The van der Waals surface area contributed by atoms with Gasteiger partial charge in [-0.15, -0.1) is 0 Å². The lowest BCUT2D eigenvalue weighted by atomic mass is 10.0. The minimum absolute atomic E-state index is 0.0186. The van der Waals surface area contributed by atoms with Crippen molar-refractivity contribution in [3.05, 3.63) is 42.2 Å². The Labute approximate surface area is 163 Å². The molecule has 1 N–H and O–H groups in total.